The lowest BCUT2D eigenvalue weighted by atomic mass is 10.2. The van der Waals surface area contributed by atoms with Gasteiger partial charge in [-0.1, -0.05) is 0 Å². The molecule has 0 amide bonds. The molecule has 3 nitrogen and oxygen atoms in total. The molecule has 0 bridgehead atoms. The van der Waals surface area contributed by atoms with Crippen molar-refractivity contribution in [2.45, 2.75) is 13.8 Å². The Hall–Kier alpha value is -1.22. The van der Waals surface area contributed by atoms with Gasteiger partial charge in [0.05, 0.1) is 0 Å². The SMILES string of the molecule is CCN(CC)c1ccc(N[O-])cc1. The van der Waals surface area contributed by atoms with Crippen LogP contribution in [0.1, 0.15) is 13.8 Å². The quantitative estimate of drug-likeness (QED) is 0.721. The van der Waals surface area contributed by atoms with E-state index in [-0.39, 0.29) is 0 Å². The van der Waals surface area contributed by atoms with Crippen LogP contribution < -0.4 is 10.4 Å². The second kappa shape index (κ2) is 4.72. The summed E-state index contributed by atoms with van der Waals surface area (Å²) in [6.07, 6.45) is 0. The Balaban J connectivity index is 2.78. The van der Waals surface area contributed by atoms with Crippen molar-refractivity contribution in [2.24, 2.45) is 0 Å². The standard InChI is InChI=1S/C10H15N2O/c1-3-12(4-2)10-7-5-9(11-13)6-8-10/h5-8,11H,3-4H2,1-2H3/q-1. The molecule has 0 saturated carbocycles. The Morgan fingerprint density at radius 3 is 2.08 bits per heavy atom. The Bertz CT molecular complexity index is 242. The van der Waals surface area contributed by atoms with E-state index in [1.54, 1.807) is 12.1 Å². The summed E-state index contributed by atoms with van der Waals surface area (Å²) in [5.41, 5.74) is 3.62. The normalized spacial score (nSPS) is 9.77. The van der Waals surface area contributed by atoms with E-state index in [9.17, 15) is 5.21 Å². The van der Waals surface area contributed by atoms with Crippen LogP contribution in [0, 0.1) is 5.21 Å². The van der Waals surface area contributed by atoms with Gasteiger partial charge in [0.2, 0.25) is 0 Å². The van der Waals surface area contributed by atoms with Gasteiger partial charge in [-0.2, -0.15) is 0 Å². The summed E-state index contributed by atoms with van der Waals surface area (Å²) in [6, 6.07) is 7.49. The van der Waals surface area contributed by atoms with Gasteiger partial charge >= 0.3 is 0 Å². The fraction of sp³-hybridized carbons (Fsp3) is 0.400. The lowest BCUT2D eigenvalue weighted by Gasteiger charge is -2.21. The van der Waals surface area contributed by atoms with E-state index >= 15 is 0 Å². The molecule has 3 heteroatoms. The summed E-state index contributed by atoms with van der Waals surface area (Å²) in [5, 5.41) is 10.3. The van der Waals surface area contributed by atoms with Crippen molar-refractivity contribution in [1.82, 2.24) is 0 Å². The second-order valence-electron chi connectivity index (χ2n) is 2.82. The van der Waals surface area contributed by atoms with Crippen molar-refractivity contribution >= 4 is 11.4 Å². The summed E-state index contributed by atoms with van der Waals surface area (Å²) < 4.78 is 0. The predicted molar refractivity (Wildman–Crippen MR) is 57.0 cm³/mol. The molecule has 13 heavy (non-hydrogen) atoms. The van der Waals surface area contributed by atoms with Gasteiger partial charge < -0.3 is 15.6 Å². The molecule has 1 rings (SSSR count). The van der Waals surface area contributed by atoms with E-state index in [4.69, 9.17) is 0 Å². The highest BCUT2D eigenvalue weighted by Gasteiger charge is 1.99. The maximum absolute atomic E-state index is 10.3. The summed E-state index contributed by atoms with van der Waals surface area (Å²) in [6.45, 7) is 6.20. The highest BCUT2D eigenvalue weighted by atomic mass is 16.5. The monoisotopic (exact) mass is 179 g/mol. The fourth-order valence-electron chi connectivity index (χ4n) is 1.33. The molecule has 1 aromatic carbocycles. The van der Waals surface area contributed by atoms with Crippen molar-refractivity contribution in [3.63, 3.8) is 0 Å². The molecule has 1 N–H and O–H groups in total. The fourth-order valence-corrected chi connectivity index (χ4v) is 1.33. The van der Waals surface area contributed by atoms with Gasteiger partial charge in [0.1, 0.15) is 0 Å². The van der Waals surface area contributed by atoms with Crippen molar-refractivity contribution in [2.75, 3.05) is 23.5 Å². The van der Waals surface area contributed by atoms with Gasteiger partial charge in [-0.25, -0.2) is 0 Å². The van der Waals surface area contributed by atoms with Crippen LogP contribution in [-0.4, -0.2) is 13.1 Å². The highest BCUT2D eigenvalue weighted by molar-refractivity contribution is 5.55. The molecule has 0 aliphatic carbocycles. The smallest absolute Gasteiger partial charge is 0.0367 e. The minimum absolute atomic E-state index is 0.607. The molecule has 0 unspecified atom stereocenters. The van der Waals surface area contributed by atoms with Gasteiger partial charge in [0.25, 0.3) is 0 Å². The second-order valence-corrected chi connectivity index (χ2v) is 2.82. The van der Waals surface area contributed by atoms with E-state index in [2.05, 4.69) is 18.7 Å². The highest BCUT2D eigenvalue weighted by Crippen LogP contribution is 2.16. The molecule has 72 valence electrons. The first-order valence-electron chi connectivity index (χ1n) is 4.55. The molecule has 0 aliphatic rings. The van der Waals surface area contributed by atoms with Crippen LogP contribution in [0.2, 0.25) is 0 Å². The van der Waals surface area contributed by atoms with Gasteiger partial charge in [-0.05, 0) is 38.1 Å². The number of hydrogen-bond donors (Lipinski definition) is 1. The molecule has 1 aromatic rings. The van der Waals surface area contributed by atoms with E-state index in [1.807, 2.05) is 17.6 Å². The van der Waals surface area contributed by atoms with E-state index < -0.39 is 0 Å². The average molecular weight is 179 g/mol. The predicted octanol–water partition coefficient (Wildman–Crippen LogP) is 2.44. The van der Waals surface area contributed by atoms with Gasteiger partial charge in [0.15, 0.2) is 0 Å². The molecule has 0 aromatic heterocycles. The molecule has 0 saturated heterocycles. The Morgan fingerprint density at radius 2 is 1.69 bits per heavy atom. The third-order valence-electron chi connectivity index (χ3n) is 2.11. The Labute approximate surface area is 78.9 Å². The van der Waals surface area contributed by atoms with E-state index in [0.717, 1.165) is 18.8 Å². The Morgan fingerprint density at radius 1 is 1.15 bits per heavy atom. The summed E-state index contributed by atoms with van der Waals surface area (Å²) in [5.74, 6) is 0. The Kier molecular flexibility index (Phi) is 3.58. The van der Waals surface area contributed by atoms with Crippen LogP contribution in [0.5, 0.6) is 0 Å². The first kappa shape index (κ1) is 9.86. The van der Waals surface area contributed by atoms with Crippen LogP contribution in [0.3, 0.4) is 0 Å². The van der Waals surface area contributed by atoms with Gasteiger partial charge in [-0.3, -0.25) is 0 Å². The number of nitrogens with zero attached hydrogens (tertiary/aromatic N) is 1. The number of rotatable bonds is 4. The topological polar surface area (TPSA) is 38.3 Å². The van der Waals surface area contributed by atoms with Crippen LogP contribution in [-0.2, 0) is 0 Å². The lowest BCUT2D eigenvalue weighted by Crippen LogP contribution is -2.21. The third-order valence-corrected chi connectivity index (χ3v) is 2.11. The summed E-state index contributed by atoms with van der Waals surface area (Å²) in [4.78, 5) is 2.23. The minimum Gasteiger partial charge on any atom is -0.761 e. The molecule has 0 fully saturated rings. The third kappa shape index (κ3) is 2.36. The van der Waals surface area contributed by atoms with Crippen LogP contribution in [0.15, 0.2) is 24.3 Å². The van der Waals surface area contributed by atoms with Gasteiger partial charge in [0, 0.05) is 24.5 Å². The molecule has 0 aliphatic heterocycles. The zero-order valence-electron chi connectivity index (χ0n) is 8.08. The van der Waals surface area contributed by atoms with Crippen molar-refractivity contribution in [1.29, 1.82) is 0 Å². The molecule has 0 spiro atoms. The van der Waals surface area contributed by atoms with Crippen molar-refractivity contribution in [3.8, 4) is 0 Å². The largest absolute Gasteiger partial charge is 0.761 e. The van der Waals surface area contributed by atoms with Gasteiger partial charge in [-0.15, -0.1) is 0 Å². The first-order chi connectivity index (χ1) is 6.31. The number of nitrogens with one attached hydrogen (secondary N) is 1. The first-order valence-corrected chi connectivity index (χ1v) is 4.55. The number of hydrogen-bond acceptors (Lipinski definition) is 3. The molecule has 0 radical (unpaired) electrons. The molecular weight excluding hydrogens is 164 g/mol. The zero-order chi connectivity index (χ0) is 9.68. The summed E-state index contributed by atoms with van der Waals surface area (Å²) >= 11 is 0. The molecule has 0 atom stereocenters. The number of anilines is 2. The maximum Gasteiger partial charge on any atom is 0.0367 e. The summed E-state index contributed by atoms with van der Waals surface area (Å²) in [7, 11) is 0. The lowest BCUT2D eigenvalue weighted by molar-refractivity contribution is 0.866. The average Bonchev–Trinajstić information content (AvgIpc) is 2.21. The van der Waals surface area contributed by atoms with Crippen molar-refractivity contribution < 1.29 is 0 Å². The van der Waals surface area contributed by atoms with Crippen LogP contribution in [0.4, 0.5) is 11.4 Å². The van der Waals surface area contributed by atoms with E-state index in [0.29, 0.717) is 5.69 Å². The molecule has 0 heterocycles. The zero-order valence-corrected chi connectivity index (χ0v) is 8.08. The van der Waals surface area contributed by atoms with E-state index in [1.165, 1.54) is 0 Å². The van der Waals surface area contributed by atoms with Crippen molar-refractivity contribution in [3.05, 3.63) is 29.5 Å². The van der Waals surface area contributed by atoms with Crippen LogP contribution in [0.25, 0.3) is 0 Å². The maximum atomic E-state index is 10.3. The minimum atomic E-state index is 0.607. The number of benzene rings is 1. The van der Waals surface area contributed by atoms with Crippen LogP contribution >= 0.6 is 0 Å². The molecular formula is C10H15N2O-.